The van der Waals surface area contributed by atoms with Crippen LogP contribution >= 0.6 is 11.3 Å². The standard InChI is InChI=1S/C34H31FN2O5S/c1-40-30-9-3-2-6-23(30)18-26(39)20-25(38)16-22-10-11-31(28(35)17-22)42-32-12-14-37-29-21-33(43-34(29)32)24-7-4-8-27(19-24)41-15-5-13-36/h2-4,6-12,14,17,19,21H,5,13,15-16,18,20,36H2,1H3. The Morgan fingerprint density at radius 1 is 0.907 bits per heavy atom. The molecule has 0 saturated heterocycles. The smallest absolute Gasteiger partial charge is 0.166 e. The minimum absolute atomic E-state index is 0.0289. The Bertz CT molecular complexity index is 1750. The van der Waals surface area contributed by atoms with Gasteiger partial charge in [-0.25, -0.2) is 4.39 Å². The van der Waals surface area contributed by atoms with Crippen molar-refractivity contribution in [3.8, 4) is 33.4 Å². The molecule has 2 aromatic heterocycles. The highest BCUT2D eigenvalue weighted by molar-refractivity contribution is 7.22. The molecule has 0 unspecified atom stereocenters. The highest BCUT2D eigenvalue weighted by Crippen LogP contribution is 2.40. The van der Waals surface area contributed by atoms with Crippen molar-refractivity contribution < 1.29 is 28.2 Å². The van der Waals surface area contributed by atoms with Crippen LogP contribution in [0.5, 0.6) is 23.0 Å². The van der Waals surface area contributed by atoms with Gasteiger partial charge in [0.15, 0.2) is 11.6 Å². The van der Waals surface area contributed by atoms with Crippen LogP contribution in [0.4, 0.5) is 4.39 Å². The first kappa shape index (κ1) is 29.9. The molecule has 0 spiro atoms. The lowest BCUT2D eigenvalue weighted by molar-refractivity contribution is -0.126. The average molecular weight is 599 g/mol. The number of thiophene rings is 1. The fourth-order valence-electron chi connectivity index (χ4n) is 4.64. The summed E-state index contributed by atoms with van der Waals surface area (Å²) in [6.45, 7) is 1.12. The summed E-state index contributed by atoms with van der Waals surface area (Å²) in [5.74, 6) is 0.747. The summed E-state index contributed by atoms with van der Waals surface area (Å²) in [4.78, 5) is 30.5. The summed E-state index contributed by atoms with van der Waals surface area (Å²) in [5, 5.41) is 0. The van der Waals surface area contributed by atoms with Crippen molar-refractivity contribution >= 4 is 33.1 Å². The zero-order valence-electron chi connectivity index (χ0n) is 23.7. The summed E-state index contributed by atoms with van der Waals surface area (Å²) in [5.41, 5.74) is 8.45. The molecule has 0 atom stereocenters. The van der Waals surface area contributed by atoms with Crippen molar-refractivity contribution in [1.82, 2.24) is 4.98 Å². The number of aromatic nitrogens is 1. The summed E-state index contributed by atoms with van der Waals surface area (Å²) >= 11 is 1.49. The van der Waals surface area contributed by atoms with Crippen molar-refractivity contribution in [3.63, 3.8) is 0 Å². The fourth-order valence-corrected chi connectivity index (χ4v) is 5.70. The van der Waals surface area contributed by atoms with Gasteiger partial charge < -0.3 is 19.9 Å². The van der Waals surface area contributed by atoms with Gasteiger partial charge in [0.1, 0.15) is 28.8 Å². The quantitative estimate of drug-likeness (QED) is 0.109. The number of benzene rings is 3. The number of halogens is 1. The van der Waals surface area contributed by atoms with E-state index in [1.807, 2.05) is 42.5 Å². The number of hydrogen-bond donors (Lipinski definition) is 1. The predicted molar refractivity (Wildman–Crippen MR) is 166 cm³/mol. The average Bonchev–Trinajstić information content (AvgIpc) is 3.45. The minimum atomic E-state index is -0.602. The normalized spacial score (nSPS) is 11.0. The van der Waals surface area contributed by atoms with Crippen molar-refractivity contribution in [3.05, 3.63) is 102 Å². The molecule has 0 bridgehead atoms. The molecule has 0 saturated carbocycles. The number of methoxy groups -OCH3 is 1. The Morgan fingerprint density at radius 3 is 2.56 bits per heavy atom. The van der Waals surface area contributed by atoms with Gasteiger partial charge in [-0.3, -0.25) is 14.6 Å². The zero-order valence-corrected chi connectivity index (χ0v) is 24.5. The van der Waals surface area contributed by atoms with Crippen molar-refractivity contribution in [2.75, 3.05) is 20.3 Å². The predicted octanol–water partition coefficient (Wildman–Crippen LogP) is 6.94. The number of hydrogen-bond acceptors (Lipinski definition) is 8. The van der Waals surface area contributed by atoms with Crippen LogP contribution in [0.3, 0.4) is 0 Å². The first-order chi connectivity index (χ1) is 20.9. The zero-order chi connectivity index (χ0) is 30.2. The maximum absolute atomic E-state index is 15.1. The molecule has 0 aliphatic heterocycles. The van der Waals surface area contributed by atoms with Crippen LogP contribution in [0, 0.1) is 5.82 Å². The van der Waals surface area contributed by atoms with Gasteiger partial charge in [-0.15, -0.1) is 11.3 Å². The van der Waals surface area contributed by atoms with E-state index >= 15 is 4.39 Å². The lowest BCUT2D eigenvalue weighted by Gasteiger charge is -2.09. The Balaban J connectivity index is 1.25. The third kappa shape index (κ3) is 7.63. The number of carbonyl (C=O) groups excluding carboxylic acids is 2. The molecule has 0 fully saturated rings. The second-order valence-electron chi connectivity index (χ2n) is 9.94. The maximum atomic E-state index is 15.1. The van der Waals surface area contributed by atoms with E-state index in [1.165, 1.54) is 30.6 Å². The number of para-hydroxylation sites is 1. The fraction of sp³-hybridized carbons (Fsp3) is 0.206. The second kappa shape index (κ2) is 14.0. The van der Waals surface area contributed by atoms with Crippen LogP contribution in [0.25, 0.3) is 20.7 Å². The number of rotatable bonds is 14. The van der Waals surface area contributed by atoms with Crippen LogP contribution in [0.15, 0.2) is 85.1 Å². The van der Waals surface area contributed by atoms with E-state index in [-0.39, 0.29) is 36.6 Å². The van der Waals surface area contributed by atoms with Crippen LogP contribution < -0.4 is 19.9 Å². The summed E-state index contributed by atoms with van der Waals surface area (Å²) in [6, 6.07) is 23.0. The second-order valence-corrected chi connectivity index (χ2v) is 11.0. The van der Waals surface area contributed by atoms with E-state index in [0.717, 1.165) is 38.4 Å². The van der Waals surface area contributed by atoms with Crippen LogP contribution in [0.2, 0.25) is 0 Å². The lowest BCUT2D eigenvalue weighted by atomic mass is 10.0. The van der Waals surface area contributed by atoms with Gasteiger partial charge >= 0.3 is 0 Å². The van der Waals surface area contributed by atoms with Crippen LogP contribution in [0.1, 0.15) is 24.0 Å². The number of carbonyl (C=O) groups is 2. The molecular weight excluding hydrogens is 567 g/mol. The molecule has 2 N–H and O–H groups in total. The molecule has 9 heteroatoms. The Kier molecular flexibility index (Phi) is 9.76. The number of ether oxygens (including phenoxy) is 3. The van der Waals surface area contributed by atoms with Crippen molar-refractivity contribution in [2.24, 2.45) is 5.73 Å². The third-order valence-electron chi connectivity index (χ3n) is 6.70. The molecule has 7 nitrogen and oxygen atoms in total. The highest BCUT2D eigenvalue weighted by atomic mass is 32.1. The van der Waals surface area contributed by atoms with Gasteiger partial charge in [0.25, 0.3) is 0 Å². The van der Waals surface area contributed by atoms with Crippen molar-refractivity contribution in [1.29, 1.82) is 0 Å². The molecule has 5 aromatic rings. The molecule has 220 valence electrons. The van der Waals surface area contributed by atoms with E-state index in [2.05, 4.69) is 4.98 Å². The molecule has 0 aliphatic rings. The first-order valence-electron chi connectivity index (χ1n) is 13.9. The summed E-state index contributed by atoms with van der Waals surface area (Å²) < 4.78 is 32.9. The van der Waals surface area contributed by atoms with E-state index in [0.29, 0.717) is 30.2 Å². The summed E-state index contributed by atoms with van der Waals surface area (Å²) in [7, 11) is 1.54. The Labute approximate surface area is 253 Å². The molecular formula is C34H31FN2O5S. The molecule has 0 amide bonds. The van der Waals surface area contributed by atoms with E-state index in [4.69, 9.17) is 19.9 Å². The molecule has 3 aromatic carbocycles. The number of ketones is 2. The Hall–Kier alpha value is -4.60. The molecule has 0 radical (unpaired) electrons. The topological polar surface area (TPSA) is 101 Å². The van der Waals surface area contributed by atoms with E-state index < -0.39 is 5.82 Å². The molecule has 0 aliphatic carbocycles. The minimum Gasteiger partial charge on any atom is -0.496 e. The van der Waals surface area contributed by atoms with Crippen LogP contribution in [-0.2, 0) is 22.4 Å². The van der Waals surface area contributed by atoms with Crippen LogP contribution in [-0.4, -0.2) is 36.8 Å². The largest absolute Gasteiger partial charge is 0.496 e. The third-order valence-corrected chi connectivity index (χ3v) is 7.89. The first-order valence-corrected chi connectivity index (χ1v) is 14.7. The SMILES string of the molecule is COc1ccccc1CC(=O)CC(=O)Cc1ccc(Oc2ccnc3cc(-c4cccc(OCCCN)c4)sc23)c(F)c1. The van der Waals surface area contributed by atoms with E-state index in [9.17, 15) is 9.59 Å². The molecule has 5 rings (SSSR count). The van der Waals surface area contributed by atoms with Gasteiger partial charge in [0, 0.05) is 35.5 Å². The molecule has 2 heterocycles. The maximum Gasteiger partial charge on any atom is 0.166 e. The number of pyridine rings is 1. The summed E-state index contributed by atoms with van der Waals surface area (Å²) in [6.07, 6.45) is 2.19. The van der Waals surface area contributed by atoms with Gasteiger partial charge in [0.2, 0.25) is 0 Å². The van der Waals surface area contributed by atoms with Gasteiger partial charge in [-0.1, -0.05) is 36.4 Å². The monoisotopic (exact) mass is 598 g/mol. The van der Waals surface area contributed by atoms with Crippen molar-refractivity contribution in [2.45, 2.75) is 25.7 Å². The number of Topliss-reactive ketones (excluding diaryl/α,β-unsaturated/α-hetero) is 2. The Morgan fingerprint density at radius 2 is 1.74 bits per heavy atom. The lowest BCUT2D eigenvalue weighted by Crippen LogP contribution is -2.13. The molecule has 43 heavy (non-hydrogen) atoms. The number of nitrogens with zero attached hydrogens (tertiary/aromatic N) is 1. The van der Waals surface area contributed by atoms with Gasteiger partial charge in [-0.05, 0) is 60.5 Å². The van der Waals surface area contributed by atoms with E-state index in [1.54, 1.807) is 30.5 Å². The number of fused-ring (bicyclic) bond motifs is 1. The van der Waals surface area contributed by atoms with Gasteiger partial charge in [0.05, 0.1) is 30.4 Å². The highest BCUT2D eigenvalue weighted by Gasteiger charge is 2.16. The van der Waals surface area contributed by atoms with Gasteiger partial charge in [-0.2, -0.15) is 0 Å². The number of nitrogens with two attached hydrogens (primary N) is 1.